The van der Waals surface area contributed by atoms with Gasteiger partial charge in [0.05, 0.1) is 12.1 Å². The minimum Gasteiger partial charge on any atom is -0.478 e. The van der Waals surface area contributed by atoms with Gasteiger partial charge in [0.1, 0.15) is 0 Å². The molecule has 1 rings (SSSR count). The van der Waals surface area contributed by atoms with E-state index in [1.165, 1.54) is 0 Å². The molecular formula is C11H12ClNO2. The van der Waals surface area contributed by atoms with Crippen LogP contribution in [0.1, 0.15) is 15.9 Å². The number of carbonyl (C=O) groups is 1. The van der Waals surface area contributed by atoms with E-state index >= 15 is 0 Å². The number of hydrogen-bond acceptors (Lipinski definition) is 2. The standard InChI is InChI=1S/C11H12ClNO2/c1-7-3-4-10(13-6-8(2)12)9(5-7)11(14)15/h3-5,13H,2,6H2,1H3,(H,14,15). The van der Waals surface area contributed by atoms with E-state index in [1.54, 1.807) is 12.1 Å². The van der Waals surface area contributed by atoms with Crippen molar-refractivity contribution in [2.24, 2.45) is 0 Å². The third-order valence-corrected chi connectivity index (χ3v) is 2.01. The van der Waals surface area contributed by atoms with Crippen molar-refractivity contribution in [1.29, 1.82) is 0 Å². The average Bonchev–Trinajstić information content (AvgIpc) is 2.15. The molecule has 0 atom stereocenters. The Morgan fingerprint density at radius 1 is 1.60 bits per heavy atom. The van der Waals surface area contributed by atoms with E-state index in [4.69, 9.17) is 16.7 Å². The number of carboxylic acids is 1. The fourth-order valence-corrected chi connectivity index (χ4v) is 1.25. The van der Waals surface area contributed by atoms with Crippen LogP contribution in [0.5, 0.6) is 0 Å². The molecule has 15 heavy (non-hydrogen) atoms. The number of rotatable bonds is 4. The number of anilines is 1. The maximum Gasteiger partial charge on any atom is 0.337 e. The van der Waals surface area contributed by atoms with Crippen molar-refractivity contribution < 1.29 is 9.90 Å². The number of halogens is 1. The zero-order valence-corrected chi connectivity index (χ0v) is 9.14. The Bertz CT molecular complexity index is 402. The maximum atomic E-state index is 10.9. The van der Waals surface area contributed by atoms with Crippen molar-refractivity contribution in [3.05, 3.63) is 40.9 Å². The molecule has 0 heterocycles. The number of benzene rings is 1. The summed E-state index contributed by atoms with van der Waals surface area (Å²) in [4.78, 5) is 10.9. The summed E-state index contributed by atoms with van der Waals surface area (Å²) in [5.41, 5.74) is 1.70. The van der Waals surface area contributed by atoms with Gasteiger partial charge in [-0.1, -0.05) is 29.8 Å². The molecule has 0 saturated carbocycles. The van der Waals surface area contributed by atoms with E-state index in [-0.39, 0.29) is 5.56 Å². The van der Waals surface area contributed by atoms with Crippen molar-refractivity contribution in [2.75, 3.05) is 11.9 Å². The molecule has 0 fully saturated rings. The summed E-state index contributed by atoms with van der Waals surface area (Å²) in [5.74, 6) is -0.957. The monoisotopic (exact) mass is 225 g/mol. The van der Waals surface area contributed by atoms with Crippen LogP contribution in [-0.2, 0) is 0 Å². The first-order chi connectivity index (χ1) is 7.00. The predicted octanol–water partition coefficient (Wildman–Crippen LogP) is 2.86. The minimum atomic E-state index is -0.957. The highest BCUT2D eigenvalue weighted by Gasteiger charge is 2.09. The maximum absolute atomic E-state index is 10.9. The van der Waals surface area contributed by atoms with Crippen molar-refractivity contribution in [2.45, 2.75) is 6.92 Å². The molecule has 80 valence electrons. The number of aromatic carboxylic acids is 1. The molecule has 3 nitrogen and oxygen atoms in total. The van der Waals surface area contributed by atoms with Gasteiger partial charge >= 0.3 is 5.97 Å². The first kappa shape index (κ1) is 11.6. The molecule has 0 aliphatic heterocycles. The largest absolute Gasteiger partial charge is 0.478 e. The first-order valence-electron chi connectivity index (χ1n) is 4.42. The molecule has 0 spiro atoms. The summed E-state index contributed by atoms with van der Waals surface area (Å²) in [6.07, 6.45) is 0. The second-order valence-corrected chi connectivity index (χ2v) is 3.76. The topological polar surface area (TPSA) is 49.3 Å². The molecule has 0 radical (unpaired) electrons. The summed E-state index contributed by atoms with van der Waals surface area (Å²) in [6, 6.07) is 5.17. The molecule has 0 bridgehead atoms. The van der Waals surface area contributed by atoms with Crippen LogP contribution in [-0.4, -0.2) is 17.6 Å². The molecule has 0 unspecified atom stereocenters. The third-order valence-electron chi connectivity index (χ3n) is 1.88. The van der Waals surface area contributed by atoms with Crippen molar-refractivity contribution >= 4 is 23.3 Å². The fraction of sp³-hybridized carbons (Fsp3) is 0.182. The second-order valence-electron chi connectivity index (χ2n) is 3.23. The van der Waals surface area contributed by atoms with Crippen LogP contribution < -0.4 is 5.32 Å². The molecule has 1 aromatic carbocycles. The third kappa shape index (κ3) is 3.29. The Morgan fingerprint density at radius 2 is 2.27 bits per heavy atom. The first-order valence-corrected chi connectivity index (χ1v) is 4.79. The fourth-order valence-electron chi connectivity index (χ4n) is 1.18. The number of carboxylic acid groups (broad SMARTS) is 1. The molecule has 0 saturated heterocycles. The Kier molecular flexibility index (Phi) is 3.74. The predicted molar refractivity (Wildman–Crippen MR) is 61.6 cm³/mol. The van der Waals surface area contributed by atoms with Crippen molar-refractivity contribution in [3.8, 4) is 0 Å². The molecule has 0 aromatic heterocycles. The number of aryl methyl sites for hydroxylation is 1. The van der Waals surface area contributed by atoms with Gasteiger partial charge < -0.3 is 10.4 Å². The summed E-state index contributed by atoms with van der Waals surface area (Å²) in [5, 5.41) is 12.3. The SMILES string of the molecule is C=C(Cl)CNc1ccc(C)cc1C(=O)O. The van der Waals surface area contributed by atoms with E-state index in [9.17, 15) is 4.79 Å². The Hall–Kier alpha value is -1.48. The number of nitrogens with one attached hydrogen (secondary N) is 1. The van der Waals surface area contributed by atoms with Gasteiger partial charge in [-0.05, 0) is 19.1 Å². The average molecular weight is 226 g/mol. The van der Waals surface area contributed by atoms with Gasteiger partial charge in [0.25, 0.3) is 0 Å². The van der Waals surface area contributed by atoms with E-state index in [1.807, 2.05) is 13.0 Å². The lowest BCUT2D eigenvalue weighted by molar-refractivity contribution is 0.0698. The lowest BCUT2D eigenvalue weighted by atomic mass is 10.1. The summed E-state index contributed by atoms with van der Waals surface area (Å²) in [7, 11) is 0. The van der Waals surface area contributed by atoms with E-state index < -0.39 is 5.97 Å². The highest BCUT2D eigenvalue weighted by molar-refractivity contribution is 6.29. The van der Waals surface area contributed by atoms with Crippen LogP contribution in [0.25, 0.3) is 0 Å². The van der Waals surface area contributed by atoms with Crippen LogP contribution in [0.2, 0.25) is 0 Å². The normalized spacial score (nSPS) is 9.73. The van der Waals surface area contributed by atoms with Crippen molar-refractivity contribution in [3.63, 3.8) is 0 Å². The highest BCUT2D eigenvalue weighted by atomic mass is 35.5. The van der Waals surface area contributed by atoms with Crippen molar-refractivity contribution in [1.82, 2.24) is 0 Å². The van der Waals surface area contributed by atoms with Gasteiger partial charge in [-0.2, -0.15) is 0 Å². The molecule has 2 N–H and O–H groups in total. The molecule has 1 aromatic rings. The van der Waals surface area contributed by atoms with Gasteiger partial charge in [0.2, 0.25) is 0 Å². The van der Waals surface area contributed by atoms with Crippen LogP contribution in [0.4, 0.5) is 5.69 Å². The molecule has 0 aliphatic rings. The zero-order valence-electron chi connectivity index (χ0n) is 8.38. The zero-order chi connectivity index (χ0) is 11.4. The molecular weight excluding hydrogens is 214 g/mol. The van der Waals surface area contributed by atoms with Gasteiger partial charge in [-0.25, -0.2) is 4.79 Å². The van der Waals surface area contributed by atoms with Gasteiger partial charge in [0.15, 0.2) is 0 Å². The quantitative estimate of drug-likeness (QED) is 0.829. The summed E-state index contributed by atoms with van der Waals surface area (Å²) >= 11 is 5.59. The van der Waals surface area contributed by atoms with Gasteiger partial charge in [-0.15, -0.1) is 0 Å². The Balaban J connectivity index is 2.95. The van der Waals surface area contributed by atoms with Gasteiger partial charge in [-0.3, -0.25) is 0 Å². The second kappa shape index (κ2) is 4.84. The van der Waals surface area contributed by atoms with Crippen LogP contribution in [0.15, 0.2) is 29.8 Å². The van der Waals surface area contributed by atoms with Crippen LogP contribution in [0.3, 0.4) is 0 Å². The Labute approximate surface area is 93.4 Å². The highest BCUT2D eigenvalue weighted by Crippen LogP contribution is 2.17. The minimum absolute atomic E-state index is 0.243. The molecule has 0 amide bonds. The molecule has 0 aliphatic carbocycles. The summed E-state index contributed by atoms with van der Waals surface area (Å²) in [6.45, 7) is 5.71. The van der Waals surface area contributed by atoms with E-state index in [0.717, 1.165) is 5.56 Å². The lowest BCUT2D eigenvalue weighted by Gasteiger charge is -2.09. The van der Waals surface area contributed by atoms with Crippen LogP contribution >= 0.6 is 11.6 Å². The van der Waals surface area contributed by atoms with E-state index in [2.05, 4.69) is 11.9 Å². The lowest BCUT2D eigenvalue weighted by Crippen LogP contribution is -2.07. The Morgan fingerprint density at radius 3 is 2.80 bits per heavy atom. The van der Waals surface area contributed by atoms with Gasteiger partial charge in [0, 0.05) is 10.7 Å². The van der Waals surface area contributed by atoms with E-state index in [0.29, 0.717) is 17.3 Å². The summed E-state index contributed by atoms with van der Waals surface area (Å²) < 4.78 is 0. The molecule has 4 heteroatoms. The smallest absolute Gasteiger partial charge is 0.337 e. The van der Waals surface area contributed by atoms with Crippen LogP contribution in [0, 0.1) is 6.92 Å². The number of hydrogen-bond donors (Lipinski definition) is 2.